The molecule has 0 spiro atoms. The number of nitrogens with zero attached hydrogens (tertiary/aromatic N) is 10. The minimum atomic E-state index is -5.00. The maximum Gasteiger partial charge on any atom is 0.322 e. The van der Waals surface area contributed by atoms with Crippen LogP contribution >= 0.6 is 23.2 Å². The number of azo groups is 2. The highest BCUT2D eigenvalue weighted by Gasteiger charge is 2.25. The quantitative estimate of drug-likeness (QED) is 0.0321. The summed E-state index contributed by atoms with van der Waals surface area (Å²) in [5.74, 6) is -0.461. The Labute approximate surface area is 373 Å². The van der Waals surface area contributed by atoms with Crippen molar-refractivity contribution in [2.24, 2.45) is 20.5 Å². The molecular formula is C38H32Cl2N14O8S2. The van der Waals surface area contributed by atoms with Crippen LogP contribution in [0.4, 0.5) is 63.3 Å². The second kappa shape index (κ2) is 17.9. The number of methoxy groups -OCH3 is 1. The van der Waals surface area contributed by atoms with Gasteiger partial charge in [-0.3, -0.25) is 9.11 Å². The molecule has 64 heavy (non-hydrogen) atoms. The van der Waals surface area contributed by atoms with Gasteiger partial charge >= 0.3 is 6.01 Å². The zero-order valence-electron chi connectivity index (χ0n) is 33.4. The van der Waals surface area contributed by atoms with E-state index in [-0.39, 0.29) is 67.8 Å². The summed E-state index contributed by atoms with van der Waals surface area (Å²) in [6.45, 7) is 5.15. The maximum atomic E-state index is 12.7. The molecule has 328 valence electrons. The third-order valence-electron chi connectivity index (χ3n) is 8.98. The number of ether oxygens (including phenoxy) is 1. The van der Waals surface area contributed by atoms with E-state index in [9.17, 15) is 31.0 Å². The maximum absolute atomic E-state index is 12.7. The van der Waals surface area contributed by atoms with Crippen molar-refractivity contribution in [1.29, 1.82) is 0 Å². The predicted molar refractivity (Wildman–Crippen MR) is 238 cm³/mol. The third kappa shape index (κ3) is 10.2. The number of phenols is 1. The van der Waals surface area contributed by atoms with Crippen molar-refractivity contribution < 1.29 is 35.8 Å². The average molecular weight is 948 g/mol. The van der Waals surface area contributed by atoms with E-state index >= 15 is 0 Å². The van der Waals surface area contributed by atoms with E-state index in [0.717, 1.165) is 17.7 Å². The topological polar surface area (TPSA) is 327 Å². The lowest BCUT2D eigenvalue weighted by atomic mass is 10.0. The first-order valence-electron chi connectivity index (χ1n) is 18.1. The van der Waals surface area contributed by atoms with Crippen LogP contribution in [0.2, 0.25) is 10.6 Å². The number of hydrogen-bond donors (Lipinski definition) is 7. The molecule has 0 fully saturated rings. The van der Waals surface area contributed by atoms with E-state index in [2.05, 4.69) is 66.3 Å². The van der Waals surface area contributed by atoms with E-state index in [4.69, 9.17) is 33.7 Å². The lowest BCUT2D eigenvalue weighted by Gasteiger charge is -2.14. The van der Waals surface area contributed by atoms with Gasteiger partial charge in [0.05, 0.1) is 23.9 Å². The van der Waals surface area contributed by atoms with Crippen LogP contribution in [0, 0.1) is 20.8 Å². The first-order chi connectivity index (χ1) is 30.2. The molecule has 0 aliphatic heterocycles. The highest BCUT2D eigenvalue weighted by Crippen LogP contribution is 2.47. The number of nitrogens with one attached hydrogen (secondary N) is 3. The molecule has 26 heteroatoms. The molecule has 2 aromatic heterocycles. The van der Waals surface area contributed by atoms with Crippen LogP contribution in [0.1, 0.15) is 16.7 Å². The van der Waals surface area contributed by atoms with Crippen LogP contribution in [-0.4, -0.2) is 68.1 Å². The fourth-order valence-corrected chi connectivity index (χ4v) is 7.55. The van der Waals surface area contributed by atoms with E-state index in [1.165, 1.54) is 32.2 Å². The molecule has 0 saturated heterocycles. The summed E-state index contributed by atoms with van der Waals surface area (Å²) in [6.07, 6.45) is 0. The molecular weight excluding hydrogens is 916 g/mol. The lowest BCUT2D eigenvalue weighted by molar-refractivity contribution is 0.379. The van der Waals surface area contributed by atoms with Crippen molar-refractivity contribution >= 4 is 118 Å². The van der Waals surface area contributed by atoms with E-state index < -0.39 is 52.8 Å². The first kappa shape index (κ1) is 44.8. The molecule has 5 aromatic carbocycles. The van der Waals surface area contributed by atoms with E-state index in [1.807, 2.05) is 31.2 Å². The average Bonchev–Trinajstić information content (AvgIpc) is 3.21. The SMILES string of the molecule is COc1nc(Cl)nc(Nc2ccc(S(=O)(=O)O)c(N=Nc3c(C)cc4cc(S(=O)(=O)O)c(N=Nc5cc(Nc6nc(Cl)nc(Nc7ccc(C)cc7)n6)ccc5C)c(N)c4c3O)c2)n1. The number of halogens is 2. The monoisotopic (exact) mass is 946 g/mol. The smallest absolute Gasteiger partial charge is 0.322 e. The number of aryl methyl sites for hydroxylation is 3. The lowest BCUT2D eigenvalue weighted by Crippen LogP contribution is -2.04. The molecule has 0 amide bonds. The van der Waals surface area contributed by atoms with Crippen LogP contribution in [0.25, 0.3) is 10.8 Å². The Kier molecular flexibility index (Phi) is 12.5. The van der Waals surface area contributed by atoms with Gasteiger partial charge in [-0.25, -0.2) is 0 Å². The molecule has 0 radical (unpaired) electrons. The zero-order valence-corrected chi connectivity index (χ0v) is 36.6. The summed E-state index contributed by atoms with van der Waals surface area (Å²) in [4.78, 5) is 23.0. The molecule has 0 aliphatic carbocycles. The first-order valence-corrected chi connectivity index (χ1v) is 21.8. The van der Waals surface area contributed by atoms with Gasteiger partial charge in [-0.2, -0.15) is 51.9 Å². The number of benzene rings is 5. The molecule has 22 nitrogen and oxygen atoms in total. The highest BCUT2D eigenvalue weighted by atomic mass is 35.5. The standard InChI is InChI=1S/C38H32Cl2N14O8S2/c1-17-5-8-21(9-6-17)42-35-45-33(39)46-36(49-35)43-22-10-7-18(2)24(15-22)51-54-31-27(64(59,60)61)14-20-13-19(3)30(32(55)28(20)29(31)41)53-52-25-16-23(11-12-26(25)63(56,57)58)44-37-47-34(40)48-38(50-37)62-4/h5-16,55H,41H2,1-4H3,(H,56,57,58)(H,59,60,61)(H,44,47,48,50)(H2,42,43,45,46,49). The van der Waals surface area contributed by atoms with Gasteiger partial charge in [-0.05, 0) is 115 Å². The van der Waals surface area contributed by atoms with Gasteiger partial charge in [0.15, 0.2) is 5.75 Å². The van der Waals surface area contributed by atoms with Crippen LogP contribution in [0.3, 0.4) is 0 Å². The van der Waals surface area contributed by atoms with E-state index in [1.54, 1.807) is 25.1 Å². The summed E-state index contributed by atoms with van der Waals surface area (Å²) in [7, 11) is -8.56. The number of hydrogen-bond acceptors (Lipinski definition) is 20. The summed E-state index contributed by atoms with van der Waals surface area (Å²) >= 11 is 12.1. The molecule has 0 aliphatic rings. The Morgan fingerprint density at radius 2 is 1.14 bits per heavy atom. The number of aromatic nitrogens is 6. The number of aromatic hydroxyl groups is 1. The Hall–Kier alpha value is -7.22. The summed E-state index contributed by atoms with van der Waals surface area (Å²) < 4.78 is 75.4. The minimum absolute atomic E-state index is 0.0453. The van der Waals surface area contributed by atoms with E-state index in [0.29, 0.717) is 16.9 Å². The normalized spacial score (nSPS) is 12.0. The van der Waals surface area contributed by atoms with Gasteiger partial charge in [0.2, 0.25) is 28.4 Å². The van der Waals surface area contributed by atoms with Crippen LogP contribution < -0.4 is 26.4 Å². The van der Waals surface area contributed by atoms with Gasteiger partial charge in [0.25, 0.3) is 20.2 Å². The number of fused-ring (bicyclic) bond motifs is 1. The Bertz CT molecular complexity index is 3290. The largest absolute Gasteiger partial charge is 0.505 e. The number of nitrogens with two attached hydrogens (primary N) is 1. The second-order valence-electron chi connectivity index (χ2n) is 13.6. The molecule has 8 N–H and O–H groups in total. The third-order valence-corrected chi connectivity index (χ3v) is 11.1. The molecule has 2 heterocycles. The number of phenolic OH excluding ortho intramolecular Hbond substituents is 1. The summed E-state index contributed by atoms with van der Waals surface area (Å²) in [5, 5.41) is 36.6. The molecule has 0 atom stereocenters. The summed E-state index contributed by atoms with van der Waals surface area (Å²) in [5.41, 5.74) is 8.27. The van der Waals surface area contributed by atoms with Gasteiger partial charge < -0.3 is 31.5 Å². The van der Waals surface area contributed by atoms with Crippen molar-refractivity contribution in [2.45, 2.75) is 30.6 Å². The van der Waals surface area contributed by atoms with Crippen molar-refractivity contribution in [3.63, 3.8) is 0 Å². The zero-order chi connectivity index (χ0) is 46.1. The van der Waals surface area contributed by atoms with Gasteiger partial charge in [0.1, 0.15) is 26.9 Å². The predicted octanol–water partition coefficient (Wildman–Crippen LogP) is 9.29. The second-order valence-corrected chi connectivity index (χ2v) is 17.0. The van der Waals surface area contributed by atoms with Crippen molar-refractivity contribution in [3.8, 4) is 11.8 Å². The molecule has 7 rings (SSSR count). The molecule has 0 bridgehead atoms. The van der Waals surface area contributed by atoms with Crippen molar-refractivity contribution in [1.82, 2.24) is 29.9 Å². The molecule has 0 unspecified atom stereocenters. The number of nitrogen functional groups attached to an aromatic ring is 1. The molecule has 0 saturated carbocycles. The van der Waals surface area contributed by atoms with Gasteiger partial charge in [-0.1, -0.05) is 23.8 Å². The van der Waals surface area contributed by atoms with Crippen molar-refractivity contribution in [3.05, 3.63) is 100 Å². The van der Waals surface area contributed by atoms with Crippen LogP contribution in [0.5, 0.6) is 11.8 Å². The fourth-order valence-electron chi connectivity index (χ4n) is 5.96. The van der Waals surface area contributed by atoms with Gasteiger partial charge in [0, 0.05) is 17.1 Å². The minimum Gasteiger partial charge on any atom is -0.505 e. The summed E-state index contributed by atoms with van der Waals surface area (Å²) in [6, 6.07) is 18.2. The molecule has 7 aromatic rings. The van der Waals surface area contributed by atoms with Crippen LogP contribution in [-0.2, 0) is 20.2 Å². The Morgan fingerprint density at radius 3 is 1.77 bits per heavy atom. The Morgan fingerprint density at radius 1 is 0.609 bits per heavy atom. The van der Waals surface area contributed by atoms with Crippen LogP contribution in [0.15, 0.2) is 103 Å². The fraction of sp³-hybridized carbons (Fsp3) is 0.105. The van der Waals surface area contributed by atoms with Gasteiger partial charge in [-0.15, -0.1) is 15.3 Å². The highest BCUT2D eigenvalue weighted by molar-refractivity contribution is 7.86. The number of rotatable bonds is 13. The van der Waals surface area contributed by atoms with Crippen molar-refractivity contribution in [2.75, 3.05) is 28.8 Å². The number of anilines is 7. The Balaban J connectivity index is 1.24.